The van der Waals surface area contributed by atoms with Crippen LogP contribution in [0.5, 0.6) is 0 Å². The Morgan fingerprint density at radius 1 is 1.41 bits per heavy atom. The molecule has 5 N–H and O–H groups in total. The number of hydrogen-bond donors (Lipinski definition) is 4. The van der Waals surface area contributed by atoms with E-state index >= 15 is 0 Å². The normalized spacial score (nSPS) is 13.4. The molecule has 0 aromatic heterocycles. The summed E-state index contributed by atoms with van der Waals surface area (Å²) in [6.45, 7) is 0. The van der Waals surface area contributed by atoms with Crippen LogP contribution in [-0.4, -0.2) is 27.0 Å². The molecule has 0 radical (unpaired) electrons. The van der Waals surface area contributed by atoms with Crippen LogP contribution in [-0.2, 0) is 15.8 Å². The predicted molar refractivity (Wildman–Crippen MR) is 61.6 cm³/mol. The molecule has 1 aromatic rings. The second kappa shape index (κ2) is 5.42. The van der Waals surface area contributed by atoms with Crippen LogP contribution in [0.3, 0.4) is 0 Å². The summed E-state index contributed by atoms with van der Waals surface area (Å²) in [6, 6.07) is 5.29. The van der Waals surface area contributed by atoms with Gasteiger partial charge in [0.1, 0.15) is 6.04 Å². The molecular formula is C10H14NO5P. The van der Waals surface area contributed by atoms with Gasteiger partial charge in [0.2, 0.25) is 0 Å². The molecule has 7 heteroatoms. The molecule has 0 spiro atoms. The van der Waals surface area contributed by atoms with Crippen molar-refractivity contribution in [3.63, 3.8) is 0 Å². The van der Waals surface area contributed by atoms with E-state index in [0.29, 0.717) is 11.1 Å². The van der Waals surface area contributed by atoms with E-state index in [1.54, 1.807) is 24.3 Å². The van der Waals surface area contributed by atoms with Gasteiger partial charge in [-0.05, 0) is 17.5 Å². The largest absolute Gasteiger partial charge is 0.480 e. The second-order valence-electron chi connectivity index (χ2n) is 3.70. The monoisotopic (exact) mass is 259 g/mol. The smallest absolute Gasteiger partial charge is 0.325 e. The van der Waals surface area contributed by atoms with Crippen LogP contribution in [0.15, 0.2) is 24.3 Å². The van der Waals surface area contributed by atoms with Gasteiger partial charge in [0.15, 0.2) is 0 Å². The number of carboxylic acid groups (broad SMARTS) is 1. The minimum absolute atomic E-state index is 0.185. The van der Waals surface area contributed by atoms with E-state index in [1.807, 2.05) is 0 Å². The molecule has 0 saturated heterocycles. The molecule has 0 heterocycles. The molecule has 0 amide bonds. The van der Waals surface area contributed by atoms with Crippen molar-refractivity contribution in [3.05, 3.63) is 35.4 Å². The number of nitrogens with two attached hydrogens (primary N) is 1. The summed E-state index contributed by atoms with van der Waals surface area (Å²) in [5.74, 6) is -1.14. The lowest BCUT2D eigenvalue weighted by molar-refractivity contribution is -0.138. The summed E-state index contributed by atoms with van der Waals surface area (Å²) >= 11 is 0. The van der Waals surface area contributed by atoms with Crippen LogP contribution < -0.4 is 5.73 Å². The summed E-state index contributed by atoms with van der Waals surface area (Å²) < 4.78 is 10.7. The molecule has 1 rings (SSSR count). The van der Waals surface area contributed by atoms with Crippen molar-refractivity contribution in [1.29, 1.82) is 0 Å². The minimum Gasteiger partial charge on any atom is -0.480 e. The quantitative estimate of drug-likeness (QED) is 0.571. The topological polar surface area (TPSA) is 121 Å². The van der Waals surface area contributed by atoms with Gasteiger partial charge >= 0.3 is 13.6 Å². The first-order valence-corrected chi connectivity index (χ1v) is 6.71. The van der Waals surface area contributed by atoms with Gasteiger partial charge in [-0.1, -0.05) is 24.3 Å². The first kappa shape index (κ1) is 13.9. The number of aliphatic carboxylic acids is 1. The highest BCUT2D eigenvalue weighted by atomic mass is 31.2. The Kier molecular flexibility index (Phi) is 4.42. The van der Waals surface area contributed by atoms with Gasteiger partial charge in [0.05, 0.1) is 6.16 Å². The van der Waals surface area contributed by atoms with Crippen LogP contribution in [0.2, 0.25) is 0 Å². The summed E-state index contributed by atoms with van der Waals surface area (Å²) in [5, 5.41) is 8.74. The number of aryl methyl sites for hydroxylation is 1. The Bertz CT molecular complexity index is 456. The molecule has 0 aliphatic carbocycles. The van der Waals surface area contributed by atoms with E-state index in [4.69, 9.17) is 20.6 Å². The second-order valence-corrected chi connectivity index (χ2v) is 5.48. The zero-order valence-corrected chi connectivity index (χ0v) is 9.88. The summed E-state index contributed by atoms with van der Waals surface area (Å²) in [4.78, 5) is 28.2. The molecular weight excluding hydrogens is 245 g/mol. The maximum absolute atomic E-state index is 10.7. The van der Waals surface area contributed by atoms with Crippen molar-refractivity contribution in [2.24, 2.45) is 5.73 Å². The van der Waals surface area contributed by atoms with Crippen molar-refractivity contribution in [2.45, 2.75) is 12.5 Å². The third kappa shape index (κ3) is 4.66. The molecule has 0 fully saturated rings. The molecule has 0 saturated carbocycles. The van der Waals surface area contributed by atoms with E-state index in [1.165, 1.54) is 0 Å². The Morgan fingerprint density at radius 3 is 2.59 bits per heavy atom. The molecule has 1 atom stereocenters. The minimum atomic E-state index is -4.04. The fraction of sp³-hybridized carbons (Fsp3) is 0.300. The Labute approximate surface area is 98.2 Å². The van der Waals surface area contributed by atoms with Crippen LogP contribution in [0.1, 0.15) is 17.2 Å². The van der Waals surface area contributed by atoms with Crippen LogP contribution in [0.4, 0.5) is 0 Å². The van der Waals surface area contributed by atoms with Crippen LogP contribution >= 0.6 is 7.60 Å². The first-order valence-electron chi connectivity index (χ1n) is 4.91. The van der Waals surface area contributed by atoms with E-state index < -0.39 is 19.6 Å². The van der Waals surface area contributed by atoms with Gasteiger partial charge in [-0.3, -0.25) is 9.36 Å². The van der Waals surface area contributed by atoms with Crippen molar-refractivity contribution in [2.75, 3.05) is 6.16 Å². The SMILES string of the molecule is NC(C(=O)O)c1cccc(CCP(=O)(O)O)c1. The molecule has 0 bridgehead atoms. The maximum atomic E-state index is 10.7. The number of carbonyl (C=O) groups is 1. The molecule has 94 valence electrons. The van der Waals surface area contributed by atoms with Crippen molar-refractivity contribution >= 4 is 13.6 Å². The predicted octanol–water partition coefficient (Wildman–Crippen LogP) is 0.491. The van der Waals surface area contributed by atoms with Gasteiger partial charge in [0, 0.05) is 0 Å². The lowest BCUT2D eigenvalue weighted by atomic mass is 10.0. The van der Waals surface area contributed by atoms with Crippen LogP contribution in [0, 0.1) is 0 Å². The van der Waals surface area contributed by atoms with Crippen LogP contribution in [0.25, 0.3) is 0 Å². The van der Waals surface area contributed by atoms with Gasteiger partial charge in [0.25, 0.3) is 0 Å². The Morgan fingerprint density at radius 2 is 2.06 bits per heavy atom. The van der Waals surface area contributed by atoms with Gasteiger partial charge in [-0.25, -0.2) is 0 Å². The fourth-order valence-electron chi connectivity index (χ4n) is 1.36. The molecule has 1 aromatic carbocycles. The lowest BCUT2D eigenvalue weighted by Crippen LogP contribution is -2.20. The van der Waals surface area contributed by atoms with E-state index in [-0.39, 0.29) is 12.6 Å². The number of carboxylic acids is 1. The van der Waals surface area contributed by atoms with Gasteiger partial charge < -0.3 is 20.6 Å². The van der Waals surface area contributed by atoms with Crippen molar-refractivity contribution in [1.82, 2.24) is 0 Å². The van der Waals surface area contributed by atoms with Gasteiger partial charge in [-0.2, -0.15) is 0 Å². The van der Waals surface area contributed by atoms with Crippen molar-refractivity contribution in [3.8, 4) is 0 Å². The zero-order valence-electron chi connectivity index (χ0n) is 8.98. The Hall–Kier alpha value is -1.20. The zero-order chi connectivity index (χ0) is 13.1. The molecule has 17 heavy (non-hydrogen) atoms. The highest BCUT2D eigenvalue weighted by Gasteiger charge is 2.16. The Balaban J connectivity index is 2.79. The van der Waals surface area contributed by atoms with E-state index in [9.17, 15) is 9.36 Å². The van der Waals surface area contributed by atoms with Gasteiger partial charge in [-0.15, -0.1) is 0 Å². The highest BCUT2D eigenvalue weighted by Crippen LogP contribution is 2.34. The highest BCUT2D eigenvalue weighted by molar-refractivity contribution is 7.51. The number of rotatable bonds is 5. The average molecular weight is 259 g/mol. The fourth-order valence-corrected chi connectivity index (χ4v) is 1.91. The third-order valence-corrected chi connectivity index (χ3v) is 3.07. The number of benzene rings is 1. The first-order chi connectivity index (χ1) is 7.79. The third-order valence-electron chi connectivity index (χ3n) is 2.27. The summed E-state index contributed by atoms with van der Waals surface area (Å²) in [7, 11) is -4.04. The lowest BCUT2D eigenvalue weighted by Gasteiger charge is -2.09. The van der Waals surface area contributed by atoms with E-state index in [2.05, 4.69) is 0 Å². The van der Waals surface area contributed by atoms with Crippen molar-refractivity contribution < 1.29 is 24.3 Å². The maximum Gasteiger partial charge on any atom is 0.325 e. The standard InChI is InChI=1S/C10H14NO5P/c11-9(10(12)13)8-3-1-2-7(6-8)4-5-17(14,15)16/h1-3,6,9H,4-5,11H2,(H,12,13)(H2,14,15,16). The molecule has 6 nitrogen and oxygen atoms in total. The molecule has 0 aliphatic rings. The summed E-state index contributed by atoms with van der Waals surface area (Å²) in [5.41, 5.74) is 6.51. The molecule has 1 unspecified atom stereocenters. The summed E-state index contributed by atoms with van der Waals surface area (Å²) in [6.07, 6.45) is -0.0801. The van der Waals surface area contributed by atoms with E-state index in [0.717, 1.165) is 0 Å². The number of hydrogen-bond acceptors (Lipinski definition) is 3. The average Bonchev–Trinajstić information content (AvgIpc) is 2.24. The molecule has 0 aliphatic heterocycles.